The Labute approximate surface area is 116 Å². The van der Waals surface area contributed by atoms with Crippen LogP contribution in [0.4, 0.5) is 0 Å². The number of hydrogen-bond donors (Lipinski definition) is 1. The van der Waals surface area contributed by atoms with Gasteiger partial charge in [0, 0.05) is 32.2 Å². The molecule has 2 aliphatic rings. The predicted octanol–water partition coefficient (Wildman–Crippen LogP) is 0.180. The number of likely N-dealkylation sites (N-methyl/N-ethyl adjacent to an activating group) is 2. The summed E-state index contributed by atoms with van der Waals surface area (Å²) in [6.45, 7) is 7.02. The van der Waals surface area contributed by atoms with Crippen molar-refractivity contribution in [3.63, 3.8) is 0 Å². The molecule has 2 unspecified atom stereocenters. The highest BCUT2D eigenvalue weighted by atomic mass is 16.2. The van der Waals surface area contributed by atoms with Crippen LogP contribution in [0.5, 0.6) is 0 Å². The van der Waals surface area contributed by atoms with Crippen LogP contribution >= 0.6 is 0 Å². The summed E-state index contributed by atoms with van der Waals surface area (Å²) in [6.07, 6.45) is 3.26. The molecule has 5 nitrogen and oxygen atoms in total. The number of nitrogens with zero attached hydrogens (tertiary/aromatic N) is 3. The molecule has 0 bridgehead atoms. The van der Waals surface area contributed by atoms with Crippen molar-refractivity contribution in [2.24, 2.45) is 0 Å². The van der Waals surface area contributed by atoms with E-state index < -0.39 is 0 Å². The maximum absolute atomic E-state index is 12.3. The second-order valence-electron chi connectivity index (χ2n) is 6.01. The Morgan fingerprint density at radius 3 is 2.84 bits per heavy atom. The van der Waals surface area contributed by atoms with E-state index in [0.717, 1.165) is 52.1 Å². The Bertz CT molecular complexity index is 310. The van der Waals surface area contributed by atoms with Gasteiger partial charge in [0.15, 0.2) is 0 Å². The van der Waals surface area contributed by atoms with E-state index in [1.165, 1.54) is 0 Å². The number of carbonyl (C=O) groups is 1. The van der Waals surface area contributed by atoms with Crippen LogP contribution < -0.4 is 5.32 Å². The number of nitrogens with one attached hydrogen (secondary N) is 1. The maximum Gasteiger partial charge on any atom is 0.240 e. The van der Waals surface area contributed by atoms with Gasteiger partial charge in [-0.15, -0.1) is 0 Å². The standard InChI is InChI=1S/C14H28N4O/c1-4-5-6-13-14(19)18(11-15-13)10-12-9-16(2)7-8-17(12)3/h12-13,15H,4-11H2,1-3H3. The van der Waals surface area contributed by atoms with Crippen LogP contribution in [-0.2, 0) is 4.79 Å². The van der Waals surface area contributed by atoms with Gasteiger partial charge in [-0.3, -0.25) is 15.0 Å². The molecule has 5 heteroatoms. The lowest BCUT2D eigenvalue weighted by atomic mass is 10.1. The molecule has 0 aromatic heterocycles. The molecular weight excluding hydrogens is 240 g/mol. The smallest absolute Gasteiger partial charge is 0.240 e. The number of piperazine rings is 1. The molecule has 2 fully saturated rings. The Hall–Kier alpha value is -0.650. The molecule has 1 amide bonds. The van der Waals surface area contributed by atoms with Gasteiger partial charge in [-0.2, -0.15) is 0 Å². The molecule has 0 aromatic carbocycles. The third-order valence-electron chi connectivity index (χ3n) is 4.40. The van der Waals surface area contributed by atoms with Crippen molar-refractivity contribution in [3.05, 3.63) is 0 Å². The predicted molar refractivity (Wildman–Crippen MR) is 76.9 cm³/mol. The van der Waals surface area contributed by atoms with Crippen LogP contribution in [0.15, 0.2) is 0 Å². The summed E-state index contributed by atoms with van der Waals surface area (Å²) in [6, 6.07) is 0.529. The monoisotopic (exact) mass is 268 g/mol. The van der Waals surface area contributed by atoms with E-state index in [1.54, 1.807) is 0 Å². The van der Waals surface area contributed by atoms with Crippen molar-refractivity contribution in [1.82, 2.24) is 20.0 Å². The third-order valence-corrected chi connectivity index (χ3v) is 4.40. The third kappa shape index (κ3) is 3.68. The van der Waals surface area contributed by atoms with Crippen molar-refractivity contribution in [3.8, 4) is 0 Å². The summed E-state index contributed by atoms with van der Waals surface area (Å²) in [5, 5.41) is 3.35. The van der Waals surface area contributed by atoms with Crippen molar-refractivity contribution in [2.45, 2.75) is 38.3 Å². The van der Waals surface area contributed by atoms with Crippen LogP contribution in [0.3, 0.4) is 0 Å². The fourth-order valence-electron chi connectivity index (χ4n) is 2.95. The van der Waals surface area contributed by atoms with Crippen LogP contribution in [-0.4, -0.2) is 79.6 Å². The van der Waals surface area contributed by atoms with E-state index in [4.69, 9.17) is 0 Å². The van der Waals surface area contributed by atoms with E-state index in [0.29, 0.717) is 11.9 Å². The molecular formula is C14H28N4O. The first-order valence-corrected chi connectivity index (χ1v) is 7.52. The highest BCUT2D eigenvalue weighted by Crippen LogP contribution is 2.14. The summed E-state index contributed by atoms with van der Waals surface area (Å²) < 4.78 is 0. The first-order valence-electron chi connectivity index (χ1n) is 7.52. The Morgan fingerprint density at radius 2 is 2.11 bits per heavy atom. The fraction of sp³-hybridized carbons (Fsp3) is 0.929. The molecule has 0 aromatic rings. The number of hydrogen-bond acceptors (Lipinski definition) is 4. The number of amides is 1. The van der Waals surface area contributed by atoms with Crippen molar-refractivity contribution in [1.29, 1.82) is 0 Å². The lowest BCUT2D eigenvalue weighted by molar-refractivity contribution is -0.130. The molecule has 2 rings (SSSR count). The Balaban J connectivity index is 1.84. The zero-order chi connectivity index (χ0) is 13.8. The van der Waals surface area contributed by atoms with E-state index >= 15 is 0 Å². The molecule has 0 aliphatic carbocycles. The molecule has 19 heavy (non-hydrogen) atoms. The van der Waals surface area contributed by atoms with Gasteiger partial charge in [0.2, 0.25) is 5.91 Å². The van der Waals surface area contributed by atoms with Gasteiger partial charge in [0.25, 0.3) is 0 Å². The molecule has 2 heterocycles. The maximum atomic E-state index is 12.3. The number of carbonyl (C=O) groups excluding carboxylic acids is 1. The summed E-state index contributed by atoms with van der Waals surface area (Å²) >= 11 is 0. The summed E-state index contributed by atoms with van der Waals surface area (Å²) in [4.78, 5) is 19.0. The first-order chi connectivity index (χ1) is 9.11. The average molecular weight is 268 g/mol. The summed E-state index contributed by atoms with van der Waals surface area (Å²) in [5.74, 6) is 0.301. The molecule has 2 atom stereocenters. The molecule has 1 N–H and O–H groups in total. The minimum absolute atomic E-state index is 0.0616. The van der Waals surface area contributed by atoms with Crippen molar-refractivity contribution < 1.29 is 4.79 Å². The lowest BCUT2D eigenvalue weighted by Crippen LogP contribution is -2.54. The number of unbranched alkanes of at least 4 members (excludes halogenated alkanes) is 1. The van der Waals surface area contributed by atoms with E-state index in [2.05, 4.69) is 36.1 Å². The van der Waals surface area contributed by atoms with Crippen LogP contribution in [0.1, 0.15) is 26.2 Å². The molecule has 110 valence electrons. The van der Waals surface area contributed by atoms with Gasteiger partial charge in [0.1, 0.15) is 0 Å². The van der Waals surface area contributed by atoms with E-state index in [1.807, 2.05) is 4.90 Å². The van der Waals surface area contributed by atoms with E-state index in [-0.39, 0.29) is 6.04 Å². The van der Waals surface area contributed by atoms with E-state index in [9.17, 15) is 4.79 Å². The van der Waals surface area contributed by atoms with Gasteiger partial charge < -0.3 is 9.80 Å². The van der Waals surface area contributed by atoms with Crippen molar-refractivity contribution >= 4 is 5.91 Å². The highest BCUT2D eigenvalue weighted by molar-refractivity contribution is 5.83. The second kappa shape index (κ2) is 6.68. The van der Waals surface area contributed by atoms with Gasteiger partial charge >= 0.3 is 0 Å². The van der Waals surface area contributed by atoms with Gasteiger partial charge in [-0.25, -0.2) is 0 Å². The second-order valence-corrected chi connectivity index (χ2v) is 6.01. The number of rotatable bonds is 5. The van der Waals surface area contributed by atoms with Crippen LogP contribution in [0.2, 0.25) is 0 Å². The largest absolute Gasteiger partial charge is 0.327 e. The van der Waals surface area contributed by atoms with Crippen LogP contribution in [0, 0.1) is 0 Å². The minimum atomic E-state index is 0.0616. The molecule has 2 aliphatic heterocycles. The SMILES string of the molecule is CCCCC1NCN(CC2CN(C)CCN2C)C1=O. The first kappa shape index (κ1) is 14.8. The zero-order valence-electron chi connectivity index (χ0n) is 12.6. The Kier molecular flexibility index (Phi) is 5.19. The summed E-state index contributed by atoms with van der Waals surface area (Å²) in [7, 11) is 4.33. The topological polar surface area (TPSA) is 38.8 Å². The zero-order valence-corrected chi connectivity index (χ0v) is 12.6. The van der Waals surface area contributed by atoms with Crippen molar-refractivity contribution in [2.75, 3.05) is 46.9 Å². The van der Waals surface area contributed by atoms with Gasteiger partial charge in [0.05, 0.1) is 12.7 Å². The summed E-state index contributed by atoms with van der Waals surface area (Å²) in [5.41, 5.74) is 0. The average Bonchev–Trinajstić information content (AvgIpc) is 2.73. The Morgan fingerprint density at radius 1 is 1.32 bits per heavy atom. The van der Waals surface area contributed by atoms with Gasteiger partial charge in [-0.1, -0.05) is 19.8 Å². The van der Waals surface area contributed by atoms with Gasteiger partial charge in [-0.05, 0) is 20.5 Å². The highest BCUT2D eigenvalue weighted by Gasteiger charge is 2.33. The molecule has 0 radical (unpaired) electrons. The normalized spacial score (nSPS) is 30.3. The van der Waals surface area contributed by atoms with Crippen LogP contribution in [0.25, 0.3) is 0 Å². The molecule has 2 saturated heterocycles. The fourth-order valence-corrected chi connectivity index (χ4v) is 2.95. The minimum Gasteiger partial charge on any atom is -0.327 e. The molecule has 0 saturated carbocycles. The lowest BCUT2D eigenvalue weighted by Gasteiger charge is -2.39. The quantitative estimate of drug-likeness (QED) is 0.772. The molecule has 0 spiro atoms.